The Balaban J connectivity index is 1.60. The lowest BCUT2D eigenvalue weighted by Gasteiger charge is -2.39. The van der Waals surface area contributed by atoms with Crippen LogP contribution in [0.1, 0.15) is 5.56 Å². The lowest BCUT2D eigenvalue weighted by atomic mass is 10.1. The number of carbonyl (C=O) groups excluding carboxylic acids is 1. The van der Waals surface area contributed by atoms with Gasteiger partial charge in [0.25, 0.3) is 5.56 Å². The fourth-order valence-electron chi connectivity index (χ4n) is 2.56. The van der Waals surface area contributed by atoms with Crippen LogP contribution >= 0.6 is 0 Å². The van der Waals surface area contributed by atoms with Gasteiger partial charge in [-0.25, -0.2) is 4.39 Å². The number of nitrogens with zero attached hydrogens (tertiary/aromatic N) is 2. The maximum absolute atomic E-state index is 13.5. The minimum absolute atomic E-state index is 0.0682. The van der Waals surface area contributed by atoms with E-state index in [2.05, 4.69) is 0 Å². The fourth-order valence-corrected chi connectivity index (χ4v) is 2.56. The molecule has 0 atom stereocenters. The highest BCUT2D eigenvalue weighted by atomic mass is 19.4. The lowest BCUT2D eigenvalue weighted by Crippen LogP contribution is -2.57. The SMILES string of the molecule is O=C(Cn1cccc(C(F)(F)F)c1=O)N1CC(Oc2ccccc2F)C1. The summed E-state index contributed by atoms with van der Waals surface area (Å²) in [6.07, 6.45) is -4.06. The normalized spacial score (nSPS) is 14.8. The van der Waals surface area contributed by atoms with Crippen molar-refractivity contribution in [3.63, 3.8) is 0 Å². The van der Waals surface area contributed by atoms with Crippen LogP contribution in [0.4, 0.5) is 17.6 Å². The predicted octanol–water partition coefficient (Wildman–Crippen LogP) is 2.30. The van der Waals surface area contributed by atoms with E-state index in [-0.39, 0.29) is 18.8 Å². The molecular formula is C17H14F4N2O3. The molecule has 0 saturated carbocycles. The van der Waals surface area contributed by atoms with E-state index in [1.165, 1.54) is 23.1 Å². The van der Waals surface area contributed by atoms with Gasteiger partial charge in [0.05, 0.1) is 13.1 Å². The first-order valence-electron chi connectivity index (χ1n) is 7.71. The number of ether oxygens (including phenoxy) is 1. The number of halogens is 4. The molecule has 1 aromatic carbocycles. The number of alkyl halides is 3. The van der Waals surface area contributed by atoms with Crippen molar-refractivity contribution in [1.82, 2.24) is 9.47 Å². The number of para-hydroxylation sites is 1. The number of pyridine rings is 1. The summed E-state index contributed by atoms with van der Waals surface area (Å²) in [7, 11) is 0. The number of likely N-dealkylation sites (tertiary alicyclic amines) is 1. The Hall–Kier alpha value is -2.84. The molecular weight excluding hydrogens is 356 g/mol. The average molecular weight is 370 g/mol. The summed E-state index contributed by atoms with van der Waals surface area (Å²) in [5, 5.41) is 0. The van der Waals surface area contributed by atoms with Crippen LogP contribution in [-0.2, 0) is 17.5 Å². The maximum Gasteiger partial charge on any atom is 0.421 e. The predicted molar refractivity (Wildman–Crippen MR) is 83.1 cm³/mol. The third-order valence-electron chi connectivity index (χ3n) is 3.96. The van der Waals surface area contributed by atoms with Gasteiger partial charge in [0.15, 0.2) is 11.6 Å². The Morgan fingerprint density at radius 2 is 1.85 bits per heavy atom. The molecule has 0 bridgehead atoms. The van der Waals surface area contributed by atoms with Gasteiger partial charge in [0, 0.05) is 6.20 Å². The number of benzene rings is 1. The number of hydrogen-bond donors (Lipinski definition) is 0. The number of carbonyl (C=O) groups is 1. The first-order valence-corrected chi connectivity index (χ1v) is 7.71. The molecule has 3 rings (SSSR count). The summed E-state index contributed by atoms with van der Waals surface area (Å²) in [5.41, 5.74) is -2.59. The molecule has 1 aromatic heterocycles. The van der Waals surface area contributed by atoms with Crippen LogP contribution in [0.25, 0.3) is 0 Å². The minimum Gasteiger partial charge on any atom is -0.484 e. The highest BCUT2D eigenvalue weighted by Gasteiger charge is 2.36. The van der Waals surface area contributed by atoms with Crippen LogP contribution in [0.2, 0.25) is 0 Å². The molecule has 0 aliphatic carbocycles. The summed E-state index contributed by atoms with van der Waals surface area (Å²) >= 11 is 0. The number of hydrogen-bond acceptors (Lipinski definition) is 3. The molecule has 1 saturated heterocycles. The summed E-state index contributed by atoms with van der Waals surface area (Å²) in [6, 6.07) is 7.58. The van der Waals surface area contributed by atoms with E-state index < -0.39 is 41.7 Å². The zero-order chi connectivity index (χ0) is 18.9. The second kappa shape index (κ2) is 6.81. The Bertz CT molecular complexity index is 873. The Morgan fingerprint density at radius 3 is 2.50 bits per heavy atom. The van der Waals surface area contributed by atoms with Gasteiger partial charge in [-0.3, -0.25) is 9.59 Å². The lowest BCUT2D eigenvalue weighted by molar-refractivity contribution is -0.142. The van der Waals surface area contributed by atoms with Gasteiger partial charge in [0.1, 0.15) is 18.2 Å². The summed E-state index contributed by atoms with van der Waals surface area (Å²) in [5.74, 6) is -0.966. The molecule has 5 nitrogen and oxygen atoms in total. The van der Waals surface area contributed by atoms with E-state index in [4.69, 9.17) is 4.74 Å². The first kappa shape index (κ1) is 18.0. The van der Waals surface area contributed by atoms with E-state index in [0.29, 0.717) is 6.07 Å². The van der Waals surface area contributed by atoms with Gasteiger partial charge in [-0.2, -0.15) is 13.2 Å². The zero-order valence-electron chi connectivity index (χ0n) is 13.4. The number of rotatable bonds is 4. The highest BCUT2D eigenvalue weighted by Crippen LogP contribution is 2.26. The molecule has 26 heavy (non-hydrogen) atoms. The number of aromatic nitrogens is 1. The first-order chi connectivity index (χ1) is 12.3. The second-order valence-electron chi connectivity index (χ2n) is 5.82. The van der Waals surface area contributed by atoms with E-state index in [9.17, 15) is 27.2 Å². The van der Waals surface area contributed by atoms with Gasteiger partial charge in [-0.05, 0) is 24.3 Å². The second-order valence-corrected chi connectivity index (χ2v) is 5.82. The van der Waals surface area contributed by atoms with Crippen molar-refractivity contribution in [2.75, 3.05) is 13.1 Å². The molecule has 0 N–H and O–H groups in total. The van der Waals surface area contributed by atoms with Crippen LogP contribution in [-0.4, -0.2) is 34.6 Å². The molecule has 1 aliphatic rings. The van der Waals surface area contributed by atoms with Gasteiger partial charge in [-0.1, -0.05) is 12.1 Å². The number of amides is 1. The van der Waals surface area contributed by atoms with Crippen molar-refractivity contribution in [1.29, 1.82) is 0 Å². The molecule has 138 valence electrons. The monoisotopic (exact) mass is 370 g/mol. The molecule has 2 aromatic rings. The van der Waals surface area contributed by atoms with Crippen molar-refractivity contribution in [3.8, 4) is 5.75 Å². The van der Waals surface area contributed by atoms with Crippen LogP contribution < -0.4 is 10.3 Å². The van der Waals surface area contributed by atoms with Crippen LogP contribution in [0.5, 0.6) is 5.75 Å². The molecule has 0 unspecified atom stereocenters. The Kier molecular flexibility index (Phi) is 4.71. The smallest absolute Gasteiger partial charge is 0.421 e. The van der Waals surface area contributed by atoms with Gasteiger partial charge in [0.2, 0.25) is 5.91 Å². The van der Waals surface area contributed by atoms with Crippen molar-refractivity contribution < 1.29 is 27.1 Å². The third kappa shape index (κ3) is 3.71. The summed E-state index contributed by atoms with van der Waals surface area (Å²) < 4.78 is 57.8. The van der Waals surface area contributed by atoms with Crippen LogP contribution in [0.15, 0.2) is 47.4 Å². The summed E-state index contributed by atoms with van der Waals surface area (Å²) in [6.45, 7) is -0.170. The van der Waals surface area contributed by atoms with E-state index in [0.717, 1.165) is 16.8 Å². The van der Waals surface area contributed by atoms with Gasteiger partial charge in [-0.15, -0.1) is 0 Å². The van der Waals surface area contributed by atoms with Gasteiger partial charge >= 0.3 is 6.18 Å². The van der Waals surface area contributed by atoms with Crippen molar-refractivity contribution in [3.05, 3.63) is 64.3 Å². The van der Waals surface area contributed by atoms with Crippen LogP contribution in [0, 0.1) is 5.82 Å². The molecule has 0 spiro atoms. The summed E-state index contributed by atoms with van der Waals surface area (Å²) in [4.78, 5) is 25.3. The third-order valence-corrected chi connectivity index (χ3v) is 3.96. The molecule has 0 radical (unpaired) electrons. The highest BCUT2D eigenvalue weighted by molar-refractivity contribution is 5.77. The van der Waals surface area contributed by atoms with E-state index in [1.807, 2.05) is 0 Å². The minimum atomic E-state index is -4.78. The maximum atomic E-state index is 13.5. The van der Waals surface area contributed by atoms with Gasteiger partial charge < -0.3 is 14.2 Å². The Morgan fingerprint density at radius 1 is 1.15 bits per heavy atom. The zero-order valence-corrected chi connectivity index (χ0v) is 13.4. The molecule has 2 heterocycles. The van der Waals surface area contributed by atoms with Crippen molar-refractivity contribution in [2.24, 2.45) is 0 Å². The quantitative estimate of drug-likeness (QED) is 0.776. The fraction of sp³-hybridized carbons (Fsp3) is 0.294. The average Bonchev–Trinajstić information content (AvgIpc) is 2.52. The van der Waals surface area contributed by atoms with E-state index in [1.54, 1.807) is 6.07 Å². The van der Waals surface area contributed by atoms with E-state index >= 15 is 0 Å². The standard InChI is InChI=1S/C17H14F4N2O3/c18-13-5-1-2-6-14(13)26-11-8-23(9-11)15(24)10-22-7-3-4-12(16(22)25)17(19,20)21/h1-7,11H,8-10H2. The largest absolute Gasteiger partial charge is 0.484 e. The van der Waals surface area contributed by atoms with Crippen LogP contribution in [0.3, 0.4) is 0 Å². The molecule has 9 heteroatoms. The van der Waals surface area contributed by atoms with Crippen molar-refractivity contribution >= 4 is 5.91 Å². The molecule has 1 fully saturated rings. The van der Waals surface area contributed by atoms with Crippen molar-refractivity contribution in [2.45, 2.75) is 18.8 Å². The topological polar surface area (TPSA) is 51.5 Å². The Labute approximate surface area is 145 Å². The molecule has 1 aliphatic heterocycles. The molecule has 1 amide bonds.